The van der Waals surface area contributed by atoms with Crippen molar-refractivity contribution in [2.45, 2.75) is 28.9 Å². The number of rotatable bonds is 5. The zero-order valence-electron chi connectivity index (χ0n) is 11.1. The molecule has 0 fully saturated rings. The predicted molar refractivity (Wildman–Crippen MR) is 76.4 cm³/mol. The summed E-state index contributed by atoms with van der Waals surface area (Å²) in [6.45, 7) is 3.72. The van der Waals surface area contributed by atoms with E-state index in [1.54, 1.807) is 31.2 Å². The van der Waals surface area contributed by atoms with Crippen LogP contribution >= 0.6 is 11.8 Å². The lowest BCUT2D eigenvalue weighted by atomic mass is 10.1. The summed E-state index contributed by atoms with van der Waals surface area (Å²) >= 11 is 1.50. The molecule has 0 bridgehead atoms. The highest BCUT2D eigenvalue weighted by molar-refractivity contribution is 8.00. The highest BCUT2D eigenvalue weighted by Crippen LogP contribution is 2.28. The van der Waals surface area contributed by atoms with Gasteiger partial charge in [0.05, 0.1) is 4.90 Å². The monoisotopic (exact) mass is 302 g/mol. The molecule has 3 N–H and O–H groups in total. The Morgan fingerprint density at radius 2 is 1.79 bits per heavy atom. The molecule has 0 aliphatic heterocycles. The predicted octanol–water partition coefficient (Wildman–Crippen LogP) is 1.20. The van der Waals surface area contributed by atoms with Crippen LogP contribution in [-0.2, 0) is 14.6 Å². The zero-order valence-corrected chi connectivity index (χ0v) is 12.7. The summed E-state index contributed by atoms with van der Waals surface area (Å²) in [6, 6.07) is 6.62. The third-order valence-electron chi connectivity index (χ3n) is 2.83. The molecule has 5 nitrogen and oxygen atoms in total. The van der Waals surface area contributed by atoms with Crippen LogP contribution in [0.2, 0.25) is 0 Å². The second kappa shape index (κ2) is 6.40. The van der Waals surface area contributed by atoms with Gasteiger partial charge in [-0.2, -0.15) is 0 Å². The van der Waals surface area contributed by atoms with Crippen molar-refractivity contribution in [3.8, 4) is 0 Å². The van der Waals surface area contributed by atoms with Gasteiger partial charge in [-0.3, -0.25) is 10.2 Å². The average Bonchev–Trinajstić information content (AvgIpc) is 2.36. The fraction of sp³-hybridized carbons (Fsp3) is 0.417. The molecular formula is C12H18N2O3S2. The van der Waals surface area contributed by atoms with E-state index >= 15 is 0 Å². The Labute approximate surface area is 117 Å². The number of carbonyl (C=O) groups excluding carboxylic acids is 1. The van der Waals surface area contributed by atoms with Crippen LogP contribution in [0.25, 0.3) is 0 Å². The van der Waals surface area contributed by atoms with E-state index in [0.29, 0.717) is 0 Å². The van der Waals surface area contributed by atoms with Gasteiger partial charge in [0.2, 0.25) is 5.91 Å². The molecule has 0 spiro atoms. The molecule has 1 aromatic rings. The van der Waals surface area contributed by atoms with Gasteiger partial charge in [0, 0.05) is 22.3 Å². The van der Waals surface area contributed by atoms with E-state index in [0.717, 1.165) is 4.90 Å². The second-order valence-electron chi connectivity index (χ2n) is 4.36. The Hall–Kier alpha value is -1.05. The van der Waals surface area contributed by atoms with E-state index < -0.39 is 9.84 Å². The molecule has 1 aromatic carbocycles. The Bertz CT molecular complexity index is 541. The Morgan fingerprint density at radius 1 is 1.26 bits per heavy atom. The highest BCUT2D eigenvalue weighted by atomic mass is 32.2. The lowest BCUT2D eigenvalue weighted by Gasteiger charge is -2.17. The van der Waals surface area contributed by atoms with Crippen molar-refractivity contribution >= 4 is 27.5 Å². The van der Waals surface area contributed by atoms with Crippen molar-refractivity contribution in [1.82, 2.24) is 5.43 Å². The zero-order chi connectivity index (χ0) is 14.6. The Kier molecular flexibility index (Phi) is 5.39. The van der Waals surface area contributed by atoms with Gasteiger partial charge in [0.25, 0.3) is 0 Å². The van der Waals surface area contributed by atoms with Crippen LogP contribution in [0.1, 0.15) is 13.8 Å². The molecule has 2 atom stereocenters. The van der Waals surface area contributed by atoms with E-state index in [1.165, 1.54) is 18.0 Å². The number of hydrogen-bond acceptors (Lipinski definition) is 5. The molecular weight excluding hydrogens is 284 g/mol. The van der Waals surface area contributed by atoms with Gasteiger partial charge in [0.1, 0.15) is 0 Å². The molecule has 0 heterocycles. The number of sulfone groups is 1. The summed E-state index contributed by atoms with van der Waals surface area (Å²) in [6.07, 6.45) is 1.17. The molecule has 7 heteroatoms. The lowest BCUT2D eigenvalue weighted by molar-refractivity contribution is -0.124. The van der Waals surface area contributed by atoms with Crippen molar-refractivity contribution in [2.24, 2.45) is 11.8 Å². The van der Waals surface area contributed by atoms with Crippen LogP contribution < -0.4 is 11.3 Å². The van der Waals surface area contributed by atoms with Crippen LogP contribution in [0.15, 0.2) is 34.1 Å². The molecule has 2 unspecified atom stereocenters. The minimum absolute atomic E-state index is 0.0348. The maximum Gasteiger partial charge on any atom is 0.237 e. The molecule has 0 saturated carbocycles. The van der Waals surface area contributed by atoms with Crippen molar-refractivity contribution in [2.75, 3.05) is 6.26 Å². The molecule has 0 aliphatic rings. The largest absolute Gasteiger partial charge is 0.294 e. The van der Waals surface area contributed by atoms with Gasteiger partial charge < -0.3 is 0 Å². The number of amides is 1. The maximum absolute atomic E-state index is 11.4. The lowest BCUT2D eigenvalue weighted by Crippen LogP contribution is -2.38. The molecule has 0 radical (unpaired) electrons. The Morgan fingerprint density at radius 3 is 2.21 bits per heavy atom. The van der Waals surface area contributed by atoms with Crippen LogP contribution in [0.4, 0.5) is 0 Å². The number of benzene rings is 1. The molecule has 106 valence electrons. The van der Waals surface area contributed by atoms with Crippen LogP contribution in [0.5, 0.6) is 0 Å². The minimum Gasteiger partial charge on any atom is -0.294 e. The molecule has 0 saturated heterocycles. The first-order chi connectivity index (χ1) is 8.75. The Balaban J connectivity index is 2.76. The van der Waals surface area contributed by atoms with E-state index in [9.17, 15) is 13.2 Å². The van der Waals surface area contributed by atoms with E-state index in [1.807, 2.05) is 6.92 Å². The minimum atomic E-state index is -3.17. The van der Waals surface area contributed by atoms with Crippen LogP contribution in [0, 0.1) is 5.92 Å². The maximum atomic E-state index is 11.4. The van der Waals surface area contributed by atoms with Crippen molar-refractivity contribution in [3.63, 3.8) is 0 Å². The number of carbonyl (C=O) groups is 1. The van der Waals surface area contributed by atoms with Gasteiger partial charge in [-0.1, -0.05) is 13.8 Å². The van der Waals surface area contributed by atoms with Crippen molar-refractivity contribution in [3.05, 3.63) is 24.3 Å². The third-order valence-corrected chi connectivity index (χ3v) is 5.29. The number of hydrazine groups is 1. The molecule has 0 aliphatic carbocycles. The number of thioether (sulfide) groups is 1. The van der Waals surface area contributed by atoms with Crippen LogP contribution in [0.3, 0.4) is 0 Å². The summed E-state index contributed by atoms with van der Waals surface area (Å²) in [5.41, 5.74) is 2.13. The average molecular weight is 302 g/mol. The van der Waals surface area contributed by atoms with Gasteiger partial charge >= 0.3 is 0 Å². The number of hydrogen-bond donors (Lipinski definition) is 2. The topological polar surface area (TPSA) is 89.3 Å². The quantitative estimate of drug-likeness (QED) is 0.369. The van der Waals surface area contributed by atoms with Gasteiger partial charge in [-0.05, 0) is 24.3 Å². The summed E-state index contributed by atoms with van der Waals surface area (Å²) < 4.78 is 22.7. The summed E-state index contributed by atoms with van der Waals surface area (Å²) in [5, 5.41) is 0.0348. The summed E-state index contributed by atoms with van der Waals surface area (Å²) in [7, 11) is -3.17. The molecule has 19 heavy (non-hydrogen) atoms. The smallest absolute Gasteiger partial charge is 0.237 e. The second-order valence-corrected chi connectivity index (χ2v) is 7.83. The standard InChI is InChI=1S/C12H18N2O3S2/c1-8(12(15)14-13)9(2)18-10-4-6-11(7-5-10)19(3,16)17/h4-9H,13H2,1-3H3,(H,14,15). The highest BCUT2D eigenvalue weighted by Gasteiger charge is 2.20. The van der Waals surface area contributed by atoms with E-state index in [4.69, 9.17) is 5.84 Å². The van der Waals surface area contributed by atoms with Gasteiger partial charge in [-0.15, -0.1) is 11.8 Å². The fourth-order valence-electron chi connectivity index (χ4n) is 1.43. The van der Waals surface area contributed by atoms with Crippen molar-refractivity contribution in [1.29, 1.82) is 0 Å². The van der Waals surface area contributed by atoms with Crippen LogP contribution in [-0.4, -0.2) is 25.8 Å². The summed E-state index contributed by atoms with van der Waals surface area (Å²) in [5.74, 6) is 4.65. The normalized spacial score (nSPS) is 14.7. The number of nitrogens with one attached hydrogen (secondary N) is 1. The van der Waals surface area contributed by atoms with Crippen molar-refractivity contribution < 1.29 is 13.2 Å². The van der Waals surface area contributed by atoms with E-state index in [-0.39, 0.29) is 22.0 Å². The fourth-order valence-corrected chi connectivity index (χ4v) is 3.11. The van der Waals surface area contributed by atoms with Gasteiger partial charge in [-0.25, -0.2) is 14.3 Å². The van der Waals surface area contributed by atoms with Gasteiger partial charge in [0.15, 0.2) is 9.84 Å². The summed E-state index contributed by atoms with van der Waals surface area (Å²) in [4.78, 5) is 12.6. The first-order valence-corrected chi connectivity index (χ1v) is 8.50. The first-order valence-electron chi connectivity index (χ1n) is 5.73. The molecule has 1 rings (SSSR count). The SMILES string of the molecule is CC(Sc1ccc(S(C)(=O)=O)cc1)C(C)C(=O)NN. The molecule has 0 aromatic heterocycles. The van der Waals surface area contributed by atoms with E-state index in [2.05, 4.69) is 5.43 Å². The number of nitrogens with two attached hydrogens (primary N) is 1. The third kappa shape index (κ3) is 4.52. The molecule has 1 amide bonds. The first kappa shape index (κ1) is 16.0.